The highest BCUT2D eigenvalue weighted by Gasteiger charge is 2.06. The number of benzene rings is 1. The molecule has 0 saturated heterocycles. The van der Waals surface area contributed by atoms with Gasteiger partial charge < -0.3 is 9.10 Å². The van der Waals surface area contributed by atoms with Gasteiger partial charge >= 0.3 is 0 Å². The summed E-state index contributed by atoms with van der Waals surface area (Å²) in [6, 6.07) is 11.6. The lowest BCUT2D eigenvalue weighted by Crippen LogP contribution is -2.35. The van der Waals surface area contributed by atoms with Crippen LogP contribution < -0.4 is 4.98 Å². The molecule has 0 heterocycles. The molecular weight excluding hydrogens is 182 g/mol. The average Bonchev–Trinajstić information content (AvgIpc) is 2.16. The van der Waals surface area contributed by atoms with Crippen molar-refractivity contribution in [2.75, 3.05) is 7.05 Å². The number of nitrogens with one attached hydrogen (secondary N) is 1. The van der Waals surface area contributed by atoms with Gasteiger partial charge in [0.15, 0.2) is 0 Å². The molecule has 1 aromatic rings. The van der Waals surface area contributed by atoms with E-state index in [0.717, 1.165) is 16.5 Å². The predicted octanol–water partition coefficient (Wildman–Crippen LogP) is -0.495. The summed E-state index contributed by atoms with van der Waals surface area (Å²) in [6.07, 6.45) is 0. The number of rotatable bonds is 4. The molecule has 1 N–H and O–H groups in total. The van der Waals surface area contributed by atoms with Crippen molar-refractivity contribution < 1.29 is 4.12 Å². The minimum absolute atomic E-state index is 0.842. The molecule has 1 unspecified atom stereocenters. The zero-order chi connectivity index (χ0) is 8.81. The van der Waals surface area contributed by atoms with E-state index >= 15 is 0 Å². The van der Waals surface area contributed by atoms with Gasteiger partial charge in [-0.1, -0.05) is 30.3 Å². The second kappa shape index (κ2) is 5.26. The van der Waals surface area contributed by atoms with Crippen molar-refractivity contribution in [2.24, 2.45) is 0 Å². The first-order chi connectivity index (χ1) is 5.86. The first kappa shape index (κ1) is 9.66. The Labute approximate surface area is 78.3 Å². The zero-order valence-corrected chi connectivity index (χ0v) is 10.7. The fraction of sp³-hybridized carbons (Fsp3) is 0.250. The van der Waals surface area contributed by atoms with E-state index in [2.05, 4.69) is 29.2 Å². The maximum absolute atomic E-state index is 5.47. The predicted molar refractivity (Wildman–Crippen MR) is 57.4 cm³/mol. The quantitative estimate of drug-likeness (QED) is 0.658. The number of hydrogen-bond donors (Lipinski definition) is 1. The van der Waals surface area contributed by atoms with Gasteiger partial charge in [0.2, 0.25) is 9.20 Å². The SMILES string of the molecule is CN[SiH](Cc1ccccc1)O[SiH3]. The van der Waals surface area contributed by atoms with Gasteiger partial charge in [-0.15, -0.1) is 0 Å². The van der Waals surface area contributed by atoms with Gasteiger partial charge in [-0.3, -0.25) is 0 Å². The molecule has 66 valence electrons. The van der Waals surface area contributed by atoms with E-state index in [1.165, 1.54) is 5.56 Å². The minimum atomic E-state index is -1.11. The molecule has 0 aliphatic carbocycles. The van der Waals surface area contributed by atoms with Gasteiger partial charge in [0.1, 0.15) is 10.5 Å². The summed E-state index contributed by atoms with van der Waals surface area (Å²) < 4.78 is 5.47. The Morgan fingerprint density at radius 2 is 2.08 bits per heavy atom. The second-order valence-corrected chi connectivity index (χ2v) is 6.55. The Morgan fingerprint density at radius 3 is 2.58 bits per heavy atom. The monoisotopic (exact) mass is 197 g/mol. The fourth-order valence-corrected chi connectivity index (χ4v) is 3.65. The third-order valence-corrected chi connectivity index (χ3v) is 5.63. The molecule has 0 spiro atoms. The van der Waals surface area contributed by atoms with Crippen LogP contribution in [0, 0.1) is 0 Å². The molecule has 1 atom stereocenters. The van der Waals surface area contributed by atoms with E-state index in [-0.39, 0.29) is 0 Å². The van der Waals surface area contributed by atoms with Crippen LogP contribution in [0.25, 0.3) is 0 Å². The van der Waals surface area contributed by atoms with Crippen LogP contribution >= 0.6 is 0 Å². The molecular formula is C8H15NOSi2. The fourth-order valence-electron chi connectivity index (χ4n) is 1.13. The van der Waals surface area contributed by atoms with Crippen LogP contribution in [-0.4, -0.2) is 26.7 Å². The third-order valence-electron chi connectivity index (χ3n) is 1.87. The summed E-state index contributed by atoms with van der Waals surface area (Å²) >= 11 is 0. The van der Waals surface area contributed by atoms with E-state index in [0.29, 0.717) is 0 Å². The largest absolute Gasteiger partial charge is 0.455 e. The van der Waals surface area contributed by atoms with E-state index in [9.17, 15) is 0 Å². The van der Waals surface area contributed by atoms with Crippen molar-refractivity contribution in [1.82, 2.24) is 4.98 Å². The molecule has 0 fully saturated rings. The third kappa shape index (κ3) is 2.90. The smallest absolute Gasteiger partial charge is 0.245 e. The highest BCUT2D eigenvalue weighted by Crippen LogP contribution is 2.00. The van der Waals surface area contributed by atoms with Gasteiger partial charge in [-0.05, 0) is 12.6 Å². The highest BCUT2D eigenvalue weighted by atomic mass is 28.3. The highest BCUT2D eigenvalue weighted by molar-refractivity contribution is 6.52. The summed E-state index contributed by atoms with van der Waals surface area (Å²) in [4.78, 5) is 3.25. The van der Waals surface area contributed by atoms with E-state index in [4.69, 9.17) is 4.12 Å². The molecule has 0 saturated carbocycles. The summed E-state index contributed by atoms with van der Waals surface area (Å²) in [7, 11) is 1.72. The summed E-state index contributed by atoms with van der Waals surface area (Å²) in [5.41, 5.74) is 1.37. The summed E-state index contributed by atoms with van der Waals surface area (Å²) in [6.45, 7) is 0. The molecule has 0 aromatic heterocycles. The van der Waals surface area contributed by atoms with Gasteiger partial charge in [0.25, 0.3) is 0 Å². The molecule has 0 aliphatic rings. The van der Waals surface area contributed by atoms with E-state index < -0.39 is 9.20 Å². The van der Waals surface area contributed by atoms with E-state index in [1.54, 1.807) is 0 Å². The van der Waals surface area contributed by atoms with E-state index in [1.807, 2.05) is 13.1 Å². The van der Waals surface area contributed by atoms with Crippen LogP contribution in [0.3, 0.4) is 0 Å². The maximum Gasteiger partial charge on any atom is 0.245 e. The Morgan fingerprint density at radius 1 is 1.42 bits per heavy atom. The maximum atomic E-state index is 5.47. The molecule has 0 radical (unpaired) electrons. The Balaban J connectivity index is 2.51. The molecule has 4 heteroatoms. The van der Waals surface area contributed by atoms with Crippen molar-refractivity contribution >= 4 is 19.7 Å². The Hall–Kier alpha value is -0.426. The van der Waals surface area contributed by atoms with Crippen molar-refractivity contribution in [3.63, 3.8) is 0 Å². The molecule has 1 rings (SSSR count). The normalized spacial score (nSPS) is 13.1. The van der Waals surface area contributed by atoms with Gasteiger partial charge in [0.05, 0.1) is 0 Å². The lowest BCUT2D eigenvalue weighted by Gasteiger charge is -2.11. The Bertz CT molecular complexity index is 214. The molecule has 0 bridgehead atoms. The standard InChI is InChI=1S/C8H15NOSi2/c1-9-12(10-11)7-8-5-3-2-4-6-8/h2-6,9,12H,7H2,1,11H3. The van der Waals surface area contributed by atoms with Crippen LogP contribution in [0.4, 0.5) is 0 Å². The van der Waals surface area contributed by atoms with Crippen molar-refractivity contribution in [3.8, 4) is 0 Å². The van der Waals surface area contributed by atoms with Gasteiger partial charge in [-0.25, -0.2) is 0 Å². The average molecular weight is 197 g/mol. The van der Waals surface area contributed by atoms with Crippen LogP contribution in [0.5, 0.6) is 0 Å². The molecule has 2 nitrogen and oxygen atoms in total. The lowest BCUT2D eigenvalue weighted by atomic mass is 10.2. The lowest BCUT2D eigenvalue weighted by molar-refractivity contribution is 0.609. The van der Waals surface area contributed by atoms with Crippen LogP contribution in [0.2, 0.25) is 0 Å². The van der Waals surface area contributed by atoms with Crippen LogP contribution in [-0.2, 0) is 10.2 Å². The van der Waals surface area contributed by atoms with Crippen molar-refractivity contribution in [3.05, 3.63) is 35.9 Å². The first-order valence-electron chi connectivity index (χ1n) is 4.11. The summed E-state index contributed by atoms with van der Waals surface area (Å²) in [5, 5.41) is 0. The first-order valence-corrected chi connectivity index (χ1v) is 6.79. The zero-order valence-electron chi connectivity index (χ0n) is 7.58. The molecule has 0 aliphatic heterocycles. The summed E-state index contributed by atoms with van der Waals surface area (Å²) in [5.74, 6) is 0. The van der Waals surface area contributed by atoms with Crippen molar-refractivity contribution in [1.29, 1.82) is 0 Å². The second-order valence-electron chi connectivity index (χ2n) is 2.70. The minimum Gasteiger partial charge on any atom is -0.455 e. The van der Waals surface area contributed by atoms with Crippen LogP contribution in [0.15, 0.2) is 30.3 Å². The molecule has 0 amide bonds. The molecule has 12 heavy (non-hydrogen) atoms. The van der Waals surface area contributed by atoms with Gasteiger partial charge in [-0.2, -0.15) is 0 Å². The Kier molecular flexibility index (Phi) is 4.23. The van der Waals surface area contributed by atoms with Crippen molar-refractivity contribution in [2.45, 2.75) is 6.04 Å². The number of hydrogen-bond acceptors (Lipinski definition) is 2. The van der Waals surface area contributed by atoms with Gasteiger partial charge in [0, 0.05) is 6.04 Å². The topological polar surface area (TPSA) is 21.3 Å². The van der Waals surface area contributed by atoms with Crippen LogP contribution in [0.1, 0.15) is 5.56 Å². The molecule has 1 aromatic carbocycles.